The topological polar surface area (TPSA) is 44.2 Å². The summed E-state index contributed by atoms with van der Waals surface area (Å²) >= 11 is 5.93. The molecule has 1 aliphatic heterocycles. The largest absolute Gasteiger partial charge is 0.334 e. The van der Waals surface area contributed by atoms with Crippen LogP contribution in [0.2, 0.25) is 5.02 Å². The van der Waals surface area contributed by atoms with E-state index < -0.39 is 0 Å². The molecule has 4 heteroatoms. The molecule has 0 unspecified atom stereocenters. The zero-order valence-corrected chi connectivity index (χ0v) is 9.14. The van der Waals surface area contributed by atoms with Gasteiger partial charge >= 0.3 is 0 Å². The first-order valence-corrected chi connectivity index (χ1v) is 5.07. The van der Waals surface area contributed by atoms with Gasteiger partial charge < -0.3 is 10.3 Å². The lowest BCUT2D eigenvalue weighted by Crippen LogP contribution is -2.21. The molecule has 1 heterocycles. The molecule has 1 amide bonds. The Balaban J connectivity index is 2.45. The summed E-state index contributed by atoms with van der Waals surface area (Å²) in [6.45, 7) is 2.75. The molecule has 0 aromatic heterocycles. The highest BCUT2D eigenvalue weighted by Gasteiger charge is 2.23. The zero-order chi connectivity index (χ0) is 11.0. The van der Waals surface area contributed by atoms with Gasteiger partial charge in [0.05, 0.1) is 0 Å². The maximum atomic E-state index is 11.2. The average Bonchev–Trinajstić information content (AvgIpc) is 2.59. The van der Waals surface area contributed by atoms with E-state index in [4.69, 9.17) is 17.0 Å². The molecule has 0 saturated carbocycles. The minimum atomic E-state index is 0.0539. The first-order valence-electron chi connectivity index (χ1n) is 4.69. The summed E-state index contributed by atoms with van der Waals surface area (Å²) < 4.78 is 0. The molecular formula is C11H11ClN2O. The van der Waals surface area contributed by atoms with Gasteiger partial charge in [-0.2, -0.15) is 0 Å². The number of hydrogen-bond acceptors (Lipinski definition) is 2. The van der Waals surface area contributed by atoms with Gasteiger partial charge in [-0.05, 0) is 28.8 Å². The number of hydrogen-bond donors (Lipinski definition) is 1. The van der Waals surface area contributed by atoms with Crippen molar-refractivity contribution in [3.63, 3.8) is 0 Å². The van der Waals surface area contributed by atoms with E-state index in [0.29, 0.717) is 18.1 Å². The van der Waals surface area contributed by atoms with Gasteiger partial charge in [0.25, 0.3) is 0 Å². The second-order valence-electron chi connectivity index (χ2n) is 3.65. The van der Waals surface area contributed by atoms with Crippen LogP contribution in [-0.4, -0.2) is 17.0 Å². The molecule has 0 saturated heterocycles. The maximum Gasteiger partial charge on any atom is 0.220 e. The van der Waals surface area contributed by atoms with E-state index in [9.17, 15) is 4.79 Å². The summed E-state index contributed by atoms with van der Waals surface area (Å²) in [6, 6.07) is 3.63. The SMILES string of the molecule is CC(=O)N1Cc2cc(Cl)cc(C=N)c2C1. The first-order chi connectivity index (χ1) is 7.11. The van der Waals surface area contributed by atoms with Gasteiger partial charge in [0.1, 0.15) is 0 Å². The molecule has 0 spiro atoms. The van der Waals surface area contributed by atoms with Crippen molar-refractivity contribution < 1.29 is 4.79 Å². The van der Waals surface area contributed by atoms with E-state index in [1.807, 2.05) is 6.07 Å². The highest BCUT2D eigenvalue weighted by atomic mass is 35.5. The average molecular weight is 223 g/mol. The lowest BCUT2D eigenvalue weighted by molar-refractivity contribution is -0.129. The number of nitrogens with one attached hydrogen (secondary N) is 1. The summed E-state index contributed by atoms with van der Waals surface area (Å²) in [5, 5.41) is 7.92. The van der Waals surface area contributed by atoms with Gasteiger partial charge in [-0.25, -0.2) is 0 Å². The molecular weight excluding hydrogens is 212 g/mol. The van der Waals surface area contributed by atoms with Gasteiger partial charge in [-0.15, -0.1) is 0 Å². The second kappa shape index (κ2) is 3.66. The Hall–Kier alpha value is -1.35. The van der Waals surface area contributed by atoms with E-state index in [2.05, 4.69) is 0 Å². The van der Waals surface area contributed by atoms with E-state index >= 15 is 0 Å². The molecule has 3 nitrogen and oxygen atoms in total. The number of fused-ring (bicyclic) bond motifs is 1. The van der Waals surface area contributed by atoms with E-state index in [1.165, 1.54) is 6.21 Å². The van der Waals surface area contributed by atoms with Crippen molar-refractivity contribution in [2.24, 2.45) is 0 Å². The van der Waals surface area contributed by atoms with Crippen LogP contribution in [0, 0.1) is 5.41 Å². The fourth-order valence-electron chi connectivity index (χ4n) is 1.85. The van der Waals surface area contributed by atoms with E-state index in [1.54, 1.807) is 17.9 Å². The lowest BCUT2D eigenvalue weighted by atomic mass is 10.0. The van der Waals surface area contributed by atoms with Crippen LogP contribution >= 0.6 is 11.6 Å². The molecule has 1 aromatic rings. The van der Waals surface area contributed by atoms with Crippen molar-refractivity contribution in [3.8, 4) is 0 Å². The molecule has 15 heavy (non-hydrogen) atoms. The summed E-state index contributed by atoms with van der Waals surface area (Å²) in [5.41, 5.74) is 2.90. The van der Waals surface area contributed by atoms with Gasteiger partial charge in [0.2, 0.25) is 5.91 Å². The smallest absolute Gasteiger partial charge is 0.220 e. The molecule has 2 rings (SSSR count). The summed E-state index contributed by atoms with van der Waals surface area (Å²) in [7, 11) is 0. The maximum absolute atomic E-state index is 11.2. The molecule has 78 valence electrons. The van der Waals surface area contributed by atoms with Gasteiger partial charge in [0.15, 0.2) is 0 Å². The Morgan fingerprint density at radius 1 is 1.53 bits per heavy atom. The molecule has 1 N–H and O–H groups in total. The van der Waals surface area contributed by atoms with Crippen LogP contribution in [0.5, 0.6) is 0 Å². The Labute approximate surface area is 93.2 Å². The van der Waals surface area contributed by atoms with Crippen LogP contribution in [0.15, 0.2) is 12.1 Å². The number of halogens is 1. The van der Waals surface area contributed by atoms with Crippen molar-refractivity contribution in [3.05, 3.63) is 33.8 Å². The standard InChI is InChI=1S/C11H11ClN2O/c1-7(15)14-5-9-3-10(12)2-8(4-13)11(9)6-14/h2-4,13H,5-6H2,1H3. The summed E-state index contributed by atoms with van der Waals surface area (Å²) in [6.07, 6.45) is 1.29. The van der Waals surface area contributed by atoms with Gasteiger partial charge in [-0.1, -0.05) is 11.6 Å². The molecule has 1 aromatic carbocycles. The number of nitrogens with zero attached hydrogens (tertiary/aromatic N) is 1. The number of carbonyl (C=O) groups is 1. The minimum Gasteiger partial charge on any atom is -0.334 e. The third-order valence-corrected chi connectivity index (χ3v) is 2.87. The van der Waals surface area contributed by atoms with Crippen LogP contribution in [0.1, 0.15) is 23.6 Å². The van der Waals surface area contributed by atoms with Crippen LogP contribution in [0.3, 0.4) is 0 Å². The fraction of sp³-hybridized carbons (Fsp3) is 0.273. The van der Waals surface area contributed by atoms with E-state index in [-0.39, 0.29) is 5.91 Å². The lowest BCUT2D eigenvalue weighted by Gasteiger charge is -2.11. The van der Waals surface area contributed by atoms with Crippen LogP contribution in [-0.2, 0) is 17.9 Å². The molecule has 0 bridgehead atoms. The van der Waals surface area contributed by atoms with Crippen molar-refractivity contribution in [2.75, 3.05) is 0 Å². The molecule has 0 radical (unpaired) electrons. The van der Waals surface area contributed by atoms with Crippen LogP contribution < -0.4 is 0 Å². The predicted octanol–water partition coefficient (Wildman–Crippen LogP) is 2.20. The highest BCUT2D eigenvalue weighted by molar-refractivity contribution is 6.31. The predicted molar refractivity (Wildman–Crippen MR) is 59.3 cm³/mol. The van der Waals surface area contributed by atoms with E-state index in [0.717, 1.165) is 16.7 Å². The Kier molecular flexibility index (Phi) is 2.49. The Morgan fingerprint density at radius 3 is 2.87 bits per heavy atom. The molecule has 0 aliphatic carbocycles. The second-order valence-corrected chi connectivity index (χ2v) is 4.09. The Morgan fingerprint density at radius 2 is 2.27 bits per heavy atom. The minimum absolute atomic E-state index is 0.0539. The van der Waals surface area contributed by atoms with Crippen LogP contribution in [0.25, 0.3) is 0 Å². The monoisotopic (exact) mass is 222 g/mol. The third kappa shape index (κ3) is 1.75. The van der Waals surface area contributed by atoms with Crippen molar-refractivity contribution in [1.29, 1.82) is 5.41 Å². The highest BCUT2D eigenvalue weighted by Crippen LogP contribution is 2.28. The first kappa shape index (κ1) is 10.2. The molecule has 1 aliphatic rings. The van der Waals surface area contributed by atoms with Crippen molar-refractivity contribution in [1.82, 2.24) is 4.90 Å². The molecule has 0 atom stereocenters. The third-order valence-electron chi connectivity index (χ3n) is 2.65. The Bertz CT molecular complexity index is 442. The van der Waals surface area contributed by atoms with Crippen molar-refractivity contribution >= 4 is 23.7 Å². The van der Waals surface area contributed by atoms with Crippen LogP contribution in [0.4, 0.5) is 0 Å². The summed E-state index contributed by atoms with van der Waals surface area (Å²) in [4.78, 5) is 13.0. The van der Waals surface area contributed by atoms with Gasteiger partial charge in [-0.3, -0.25) is 4.79 Å². The number of amides is 1. The number of benzene rings is 1. The molecule has 0 fully saturated rings. The van der Waals surface area contributed by atoms with Crippen molar-refractivity contribution in [2.45, 2.75) is 20.0 Å². The number of rotatable bonds is 1. The number of carbonyl (C=O) groups excluding carboxylic acids is 1. The zero-order valence-electron chi connectivity index (χ0n) is 8.38. The normalized spacial score (nSPS) is 13.9. The summed E-state index contributed by atoms with van der Waals surface area (Å²) in [5.74, 6) is 0.0539. The quantitative estimate of drug-likeness (QED) is 0.728. The van der Waals surface area contributed by atoms with Gasteiger partial charge in [0, 0.05) is 31.3 Å². The fourth-order valence-corrected chi connectivity index (χ4v) is 2.10.